The zero-order valence-electron chi connectivity index (χ0n) is 13.2. The van der Waals surface area contributed by atoms with Crippen LogP contribution >= 0.6 is 0 Å². The molecule has 0 saturated heterocycles. The highest BCUT2D eigenvalue weighted by Crippen LogP contribution is 2.34. The van der Waals surface area contributed by atoms with E-state index < -0.39 is 0 Å². The average Bonchev–Trinajstić information content (AvgIpc) is 2.66. The molecule has 0 aliphatic heterocycles. The highest BCUT2D eigenvalue weighted by atomic mass is 16.3. The minimum absolute atomic E-state index is 0.0846. The predicted octanol–water partition coefficient (Wildman–Crippen LogP) is 4.44. The molecule has 0 saturated carbocycles. The lowest BCUT2D eigenvalue weighted by Gasteiger charge is -2.19. The first kappa shape index (κ1) is 14.6. The molecule has 20 heavy (non-hydrogen) atoms. The van der Waals surface area contributed by atoms with Gasteiger partial charge in [-0.15, -0.1) is 0 Å². The van der Waals surface area contributed by atoms with Gasteiger partial charge < -0.3 is 5.11 Å². The molecular weight excluding hydrogens is 248 g/mol. The average molecular weight is 272 g/mol. The van der Waals surface area contributed by atoms with Gasteiger partial charge in [-0.05, 0) is 37.8 Å². The van der Waals surface area contributed by atoms with Crippen molar-refractivity contribution in [2.75, 3.05) is 0 Å². The van der Waals surface area contributed by atoms with Crippen LogP contribution < -0.4 is 0 Å². The maximum Gasteiger partial charge on any atom is 0.164 e. The molecule has 0 bridgehead atoms. The number of nitrogens with zero attached hydrogens (tertiary/aromatic N) is 2. The van der Waals surface area contributed by atoms with E-state index in [1.54, 1.807) is 0 Å². The highest BCUT2D eigenvalue weighted by Gasteiger charge is 2.19. The summed E-state index contributed by atoms with van der Waals surface area (Å²) in [7, 11) is 0. The van der Waals surface area contributed by atoms with Gasteiger partial charge in [0.05, 0.1) is 5.69 Å². The fraction of sp³-hybridized carbons (Fsp3) is 0.471. The van der Waals surface area contributed by atoms with Crippen LogP contribution in [0.15, 0.2) is 24.3 Å². The molecule has 0 amide bonds. The molecule has 0 spiro atoms. The molecule has 0 unspecified atom stereocenters. The van der Waals surface area contributed by atoms with E-state index in [0.717, 1.165) is 11.3 Å². The van der Waals surface area contributed by atoms with Gasteiger partial charge in [0, 0.05) is 11.6 Å². The fourth-order valence-electron chi connectivity index (χ4n) is 2.34. The molecule has 0 fully saturated rings. The smallest absolute Gasteiger partial charge is 0.164 e. The second kappa shape index (κ2) is 4.97. The first-order valence-electron chi connectivity index (χ1n) is 7.11. The summed E-state index contributed by atoms with van der Waals surface area (Å²) in [6, 6.07) is 8.50. The fourth-order valence-corrected chi connectivity index (χ4v) is 2.34. The van der Waals surface area contributed by atoms with Gasteiger partial charge in [-0.25, -0.2) is 0 Å². The van der Waals surface area contributed by atoms with Crippen molar-refractivity contribution in [1.82, 2.24) is 9.78 Å². The van der Waals surface area contributed by atoms with Gasteiger partial charge in [0.2, 0.25) is 0 Å². The number of hydrogen-bond donors (Lipinski definition) is 1. The van der Waals surface area contributed by atoms with E-state index in [1.807, 2.05) is 23.7 Å². The molecule has 0 aliphatic rings. The molecule has 3 nitrogen and oxygen atoms in total. The van der Waals surface area contributed by atoms with Crippen molar-refractivity contribution in [3.05, 3.63) is 35.5 Å². The van der Waals surface area contributed by atoms with Gasteiger partial charge in [0.15, 0.2) is 5.75 Å². The molecule has 2 rings (SSSR count). The predicted molar refractivity (Wildman–Crippen MR) is 83.1 cm³/mol. The summed E-state index contributed by atoms with van der Waals surface area (Å²) in [5, 5.41) is 14.9. The van der Waals surface area contributed by atoms with Gasteiger partial charge in [0.1, 0.15) is 5.69 Å². The Hall–Kier alpha value is -1.77. The Morgan fingerprint density at radius 3 is 2.35 bits per heavy atom. The molecule has 1 heterocycles. The summed E-state index contributed by atoms with van der Waals surface area (Å²) in [5.41, 5.74) is 3.78. The van der Waals surface area contributed by atoms with Gasteiger partial charge in [-0.1, -0.05) is 39.0 Å². The Morgan fingerprint density at radius 1 is 1.20 bits per heavy atom. The van der Waals surface area contributed by atoms with Crippen LogP contribution in [0.2, 0.25) is 0 Å². The lowest BCUT2D eigenvalue weighted by molar-refractivity contribution is 0.461. The molecule has 0 atom stereocenters. The van der Waals surface area contributed by atoms with E-state index in [-0.39, 0.29) is 17.2 Å². The first-order valence-corrected chi connectivity index (χ1v) is 7.11. The molecule has 3 heteroatoms. The zero-order chi connectivity index (χ0) is 15.1. The van der Waals surface area contributed by atoms with Crippen LogP contribution in [0.4, 0.5) is 0 Å². The second-order valence-electron chi connectivity index (χ2n) is 6.65. The maximum absolute atomic E-state index is 10.3. The number of rotatable bonds is 2. The summed E-state index contributed by atoms with van der Waals surface area (Å²) in [5.74, 6) is 0.282. The van der Waals surface area contributed by atoms with Gasteiger partial charge >= 0.3 is 0 Å². The molecule has 108 valence electrons. The van der Waals surface area contributed by atoms with Crippen molar-refractivity contribution in [3.63, 3.8) is 0 Å². The molecule has 1 N–H and O–H groups in total. The van der Waals surface area contributed by atoms with Gasteiger partial charge in [0.25, 0.3) is 0 Å². The van der Waals surface area contributed by atoms with Crippen LogP contribution in [-0.4, -0.2) is 14.9 Å². The Bertz CT molecular complexity index is 618. The molecule has 0 radical (unpaired) electrons. The second-order valence-corrected chi connectivity index (χ2v) is 6.65. The van der Waals surface area contributed by atoms with E-state index in [0.29, 0.717) is 5.69 Å². The standard InChI is InChI=1S/C17H24N2O/c1-11(2)19-12(3)16(20)15(18-19)13-8-7-9-14(10-13)17(4,5)6/h7-11,20H,1-6H3. The summed E-state index contributed by atoms with van der Waals surface area (Å²) >= 11 is 0. The monoisotopic (exact) mass is 272 g/mol. The van der Waals surface area contributed by atoms with E-state index >= 15 is 0 Å². The van der Waals surface area contributed by atoms with Crippen molar-refractivity contribution in [2.24, 2.45) is 0 Å². The summed E-state index contributed by atoms with van der Waals surface area (Å²) in [6.45, 7) is 12.6. The topological polar surface area (TPSA) is 38.1 Å². The van der Waals surface area contributed by atoms with Crippen LogP contribution in [0.1, 0.15) is 51.9 Å². The summed E-state index contributed by atoms with van der Waals surface area (Å²) in [4.78, 5) is 0. The Labute approximate surface area is 121 Å². The van der Waals surface area contributed by atoms with Crippen molar-refractivity contribution < 1.29 is 5.11 Å². The maximum atomic E-state index is 10.3. The van der Waals surface area contributed by atoms with E-state index in [1.165, 1.54) is 5.56 Å². The Kier molecular flexibility index (Phi) is 3.63. The number of benzene rings is 1. The van der Waals surface area contributed by atoms with Gasteiger partial charge in [-0.3, -0.25) is 4.68 Å². The SMILES string of the molecule is Cc1c(O)c(-c2cccc(C(C)(C)C)c2)nn1C(C)C. The molecule has 1 aromatic carbocycles. The minimum Gasteiger partial charge on any atom is -0.504 e. The summed E-state index contributed by atoms with van der Waals surface area (Å²) < 4.78 is 1.87. The first-order chi connectivity index (χ1) is 9.21. The van der Waals surface area contributed by atoms with Crippen LogP contribution in [0.25, 0.3) is 11.3 Å². The van der Waals surface area contributed by atoms with Crippen LogP contribution in [0.5, 0.6) is 5.75 Å². The van der Waals surface area contributed by atoms with Crippen molar-refractivity contribution in [3.8, 4) is 17.0 Å². The number of hydrogen-bond acceptors (Lipinski definition) is 2. The Balaban J connectivity index is 2.55. The van der Waals surface area contributed by atoms with Crippen molar-refractivity contribution in [1.29, 1.82) is 0 Å². The zero-order valence-corrected chi connectivity index (χ0v) is 13.2. The van der Waals surface area contributed by atoms with Crippen LogP contribution in [-0.2, 0) is 5.41 Å². The van der Waals surface area contributed by atoms with Crippen molar-refractivity contribution >= 4 is 0 Å². The highest BCUT2D eigenvalue weighted by molar-refractivity contribution is 5.68. The van der Waals surface area contributed by atoms with Crippen LogP contribution in [0, 0.1) is 6.92 Å². The van der Waals surface area contributed by atoms with Crippen molar-refractivity contribution in [2.45, 2.75) is 53.0 Å². The van der Waals surface area contributed by atoms with E-state index in [4.69, 9.17) is 0 Å². The lowest BCUT2D eigenvalue weighted by Crippen LogP contribution is -2.10. The third kappa shape index (κ3) is 2.58. The third-order valence-electron chi connectivity index (χ3n) is 3.61. The molecule has 1 aromatic heterocycles. The van der Waals surface area contributed by atoms with E-state index in [9.17, 15) is 5.11 Å². The largest absolute Gasteiger partial charge is 0.504 e. The third-order valence-corrected chi connectivity index (χ3v) is 3.61. The molecule has 2 aromatic rings. The summed E-state index contributed by atoms with van der Waals surface area (Å²) in [6.07, 6.45) is 0. The van der Waals surface area contributed by atoms with E-state index in [2.05, 4.69) is 51.9 Å². The Morgan fingerprint density at radius 2 is 1.85 bits per heavy atom. The quantitative estimate of drug-likeness (QED) is 0.877. The van der Waals surface area contributed by atoms with Crippen LogP contribution in [0.3, 0.4) is 0 Å². The van der Waals surface area contributed by atoms with Gasteiger partial charge in [-0.2, -0.15) is 5.10 Å². The molecule has 0 aliphatic carbocycles. The lowest BCUT2D eigenvalue weighted by atomic mass is 9.86. The number of aromatic nitrogens is 2. The normalized spacial score (nSPS) is 12.2. The minimum atomic E-state index is 0.0846. The number of aromatic hydroxyl groups is 1. The molecular formula is C17H24N2O.